The van der Waals surface area contributed by atoms with E-state index in [0.717, 1.165) is 25.9 Å². The Labute approximate surface area is 184 Å². The van der Waals surface area contributed by atoms with E-state index in [-0.39, 0.29) is 11.5 Å². The van der Waals surface area contributed by atoms with Crippen LogP contribution in [-0.4, -0.2) is 57.9 Å². The summed E-state index contributed by atoms with van der Waals surface area (Å²) >= 11 is 6.58. The van der Waals surface area contributed by atoms with Gasteiger partial charge in [-0.15, -0.1) is 0 Å². The quantitative estimate of drug-likeness (QED) is 0.519. The number of carbonyl (C=O) groups is 1. The molecule has 2 saturated heterocycles. The van der Waals surface area contributed by atoms with Gasteiger partial charge in [-0.3, -0.25) is 18.9 Å². The Morgan fingerprint density at radius 1 is 1.30 bits per heavy atom. The molecule has 2 aliphatic rings. The first-order valence-corrected chi connectivity index (χ1v) is 11.2. The summed E-state index contributed by atoms with van der Waals surface area (Å²) in [4.78, 5) is 35.1. The Kier molecular flexibility index (Phi) is 6.21. The molecule has 0 atom stereocenters. The molecule has 0 N–H and O–H groups in total. The number of aromatic nitrogens is 2. The van der Waals surface area contributed by atoms with Gasteiger partial charge in [0.1, 0.15) is 15.8 Å². The number of nitrogens with zero attached hydrogens (tertiary/aromatic N) is 4. The number of anilines is 1. The van der Waals surface area contributed by atoms with Crippen molar-refractivity contribution in [1.82, 2.24) is 14.3 Å². The van der Waals surface area contributed by atoms with Gasteiger partial charge >= 0.3 is 0 Å². The maximum Gasteiger partial charge on any atom is 0.267 e. The summed E-state index contributed by atoms with van der Waals surface area (Å²) in [5.41, 5.74) is 0.845. The molecular weight excluding hydrogens is 420 g/mol. The number of hydrogen-bond acceptors (Lipinski definition) is 7. The highest BCUT2D eigenvalue weighted by Gasteiger charge is 2.33. The van der Waals surface area contributed by atoms with Crippen LogP contribution in [0.3, 0.4) is 0 Å². The molecule has 2 aromatic rings. The summed E-state index contributed by atoms with van der Waals surface area (Å²) < 4.78 is 7.07. The fourth-order valence-electron chi connectivity index (χ4n) is 3.69. The maximum absolute atomic E-state index is 13.4. The molecular formula is C21H24N4O3S2. The Morgan fingerprint density at radius 2 is 2.07 bits per heavy atom. The van der Waals surface area contributed by atoms with Crippen LogP contribution in [0.25, 0.3) is 11.7 Å². The SMILES string of the molecule is COCCN1C(=O)C(=Cc2c(N3CCC(C)CC3)nc3ccccn3c2=O)SC1=S. The van der Waals surface area contributed by atoms with Crippen molar-refractivity contribution in [1.29, 1.82) is 0 Å². The third kappa shape index (κ3) is 4.01. The van der Waals surface area contributed by atoms with Crippen molar-refractivity contribution in [2.75, 3.05) is 38.3 Å². The average molecular weight is 445 g/mol. The van der Waals surface area contributed by atoms with Gasteiger partial charge in [0.2, 0.25) is 0 Å². The van der Waals surface area contributed by atoms with E-state index >= 15 is 0 Å². The first-order chi connectivity index (χ1) is 14.5. The van der Waals surface area contributed by atoms with Gasteiger partial charge < -0.3 is 9.64 Å². The van der Waals surface area contributed by atoms with Gasteiger partial charge in [-0.05, 0) is 37.0 Å². The van der Waals surface area contributed by atoms with E-state index in [4.69, 9.17) is 21.9 Å². The molecule has 2 fully saturated rings. The number of ether oxygens (including phenoxy) is 1. The predicted molar refractivity (Wildman–Crippen MR) is 124 cm³/mol. The molecule has 2 aromatic heterocycles. The first-order valence-electron chi connectivity index (χ1n) is 10.00. The molecule has 0 unspecified atom stereocenters. The van der Waals surface area contributed by atoms with E-state index in [9.17, 15) is 9.59 Å². The third-order valence-corrected chi connectivity index (χ3v) is 6.88. The molecule has 4 rings (SSSR count). The highest BCUT2D eigenvalue weighted by atomic mass is 32.2. The topological polar surface area (TPSA) is 67.2 Å². The lowest BCUT2D eigenvalue weighted by molar-refractivity contribution is -0.122. The molecule has 9 heteroatoms. The number of methoxy groups -OCH3 is 1. The fraction of sp³-hybridized carbons (Fsp3) is 0.429. The number of pyridine rings is 1. The van der Waals surface area contributed by atoms with Gasteiger partial charge in [0.25, 0.3) is 11.5 Å². The lowest BCUT2D eigenvalue weighted by Crippen LogP contribution is -2.36. The van der Waals surface area contributed by atoms with Crippen molar-refractivity contribution >= 4 is 51.7 Å². The van der Waals surface area contributed by atoms with Crippen LogP contribution < -0.4 is 10.5 Å². The third-order valence-electron chi connectivity index (χ3n) is 5.50. The molecule has 0 aliphatic carbocycles. The van der Waals surface area contributed by atoms with Crippen LogP contribution >= 0.6 is 24.0 Å². The first kappa shape index (κ1) is 21.0. The average Bonchev–Trinajstić information content (AvgIpc) is 3.01. The number of fused-ring (bicyclic) bond motifs is 1. The highest BCUT2D eigenvalue weighted by Crippen LogP contribution is 2.34. The van der Waals surface area contributed by atoms with E-state index in [0.29, 0.717) is 45.3 Å². The molecule has 4 heterocycles. The van der Waals surface area contributed by atoms with E-state index < -0.39 is 0 Å². The Bertz CT molecular complexity index is 1070. The lowest BCUT2D eigenvalue weighted by Gasteiger charge is -2.32. The molecule has 0 bridgehead atoms. The summed E-state index contributed by atoms with van der Waals surface area (Å²) in [6.07, 6.45) is 5.46. The Hall–Kier alpha value is -2.23. The Balaban J connectivity index is 1.79. The summed E-state index contributed by atoms with van der Waals surface area (Å²) in [5.74, 6) is 1.10. The van der Waals surface area contributed by atoms with E-state index in [1.807, 2.05) is 12.1 Å². The van der Waals surface area contributed by atoms with E-state index in [1.165, 1.54) is 21.1 Å². The number of amides is 1. The van der Waals surface area contributed by atoms with Crippen LogP contribution in [0.1, 0.15) is 25.3 Å². The molecule has 1 amide bonds. The van der Waals surface area contributed by atoms with Gasteiger partial charge in [-0.25, -0.2) is 4.98 Å². The fourth-order valence-corrected chi connectivity index (χ4v) is 4.98. The summed E-state index contributed by atoms with van der Waals surface area (Å²) in [6, 6.07) is 5.49. The minimum Gasteiger partial charge on any atom is -0.383 e. The molecule has 2 aliphatic heterocycles. The predicted octanol–water partition coefficient (Wildman–Crippen LogP) is 2.78. The van der Waals surface area contributed by atoms with E-state index in [2.05, 4.69) is 11.8 Å². The van der Waals surface area contributed by atoms with Crippen molar-refractivity contribution < 1.29 is 9.53 Å². The van der Waals surface area contributed by atoms with Crippen LogP contribution in [0.2, 0.25) is 0 Å². The molecule has 0 aromatic carbocycles. The summed E-state index contributed by atoms with van der Waals surface area (Å²) in [7, 11) is 1.58. The summed E-state index contributed by atoms with van der Waals surface area (Å²) in [5, 5.41) is 0. The van der Waals surface area contributed by atoms with Gasteiger partial charge in [-0.2, -0.15) is 0 Å². The molecule has 158 valence electrons. The molecule has 0 spiro atoms. The van der Waals surface area contributed by atoms with Crippen LogP contribution in [0.4, 0.5) is 5.82 Å². The Morgan fingerprint density at radius 3 is 2.80 bits per heavy atom. The zero-order chi connectivity index (χ0) is 21.3. The lowest BCUT2D eigenvalue weighted by atomic mass is 9.99. The number of thioether (sulfide) groups is 1. The van der Waals surface area contributed by atoms with Crippen molar-refractivity contribution in [3.05, 3.63) is 45.2 Å². The summed E-state index contributed by atoms with van der Waals surface area (Å²) in [6.45, 7) is 4.71. The molecule has 30 heavy (non-hydrogen) atoms. The molecule has 0 saturated carbocycles. The molecule has 0 radical (unpaired) electrons. The second-order valence-corrected chi connectivity index (χ2v) is 9.25. The monoisotopic (exact) mass is 444 g/mol. The minimum atomic E-state index is -0.196. The largest absolute Gasteiger partial charge is 0.383 e. The number of thiocarbonyl (C=S) groups is 1. The van der Waals surface area contributed by atoms with Gasteiger partial charge in [0, 0.05) is 26.4 Å². The second-order valence-electron chi connectivity index (χ2n) is 7.58. The zero-order valence-corrected chi connectivity index (χ0v) is 18.7. The highest BCUT2D eigenvalue weighted by molar-refractivity contribution is 8.26. The standard InChI is InChI=1S/C21H24N4O3S2/c1-14-6-9-23(10-7-14)18-15(19(26)24-8-4-3-5-17(24)22-18)13-16-20(27)25(11-12-28-2)21(29)30-16/h3-5,8,13-14H,6-7,9-12H2,1-2H3. The van der Waals surface area contributed by atoms with Gasteiger partial charge in [-0.1, -0.05) is 37.0 Å². The van der Waals surface area contributed by atoms with Gasteiger partial charge in [0.05, 0.1) is 23.6 Å². The maximum atomic E-state index is 13.4. The van der Waals surface area contributed by atoms with Crippen molar-refractivity contribution in [2.24, 2.45) is 5.92 Å². The van der Waals surface area contributed by atoms with Crippen LogP contribution in [0.15, 0.2) is 34.1 Å². The van der Waals surface area contributed by atoms with Crippen molar-refractivity contribution in [3.63, 3.8) is 0 Å². The van der Waals surface area contributed by atoms with E-state index in [1.54, 1.807) is 25.4 Å². The minimum absolute atomic E-state index is 0.184. The van der Waals surface area contributed by atoms with Crippen LogP contribution in [-0.2, 0) is 9.53 Å². The van der Waals surface area contributed by atoms with Crippen LogP contribution in [0.5, 0.6) is 0 Å². The molecule has 7 nitrogen and oxygen atoms in total. The van der Waals surface area contributed by atoms with Crippen molar-refractivity contribution in [3.8, 4) is 0 Å². The zero-order valence-electron chi connectivity index (χ0n) is 17.0. The van der Waals surface area contributed by atoms with Gasteiger partial charge in [0.15, 0.2) is 0 Å². The van der Waals surface area contributed by atoms with Crippen LogP contribution in [0, 0.1) is 5.92 Å². The number of rotatable bonds is 5. The van der Waals surface area contributed by atoms with Crippen molar-refractivity contribution in [2.45, 2.75) is 19.8 Å². The smallest absolute Gasteiger partial charge is 0.267 e. The number of piperidine rings is 1. The normalized spacial score (nSPS) is 19.5. The number of carbonyl (C=O) groups excluding carboxylic acids is 1. The second kappa shape index (κ2) is 8.87. The number of hydrogen-bond donors (Lipinski definition) is 0.